The van der Waals surface area contributed by atoms with E-state index in [1.807, 2.05) is 0 Å². The smallest absolute Gasteiger partial charge is 0.318 e. The normalized spacial score (nSPS) is 10.6. The average molecular weight is 258 g/mol. The lowest BCUT2D eigenvalue weighted by molar-refractivity contribution is 0.380. The average Bonchev–Trinajstić information content (AvgIpc) is 2.30. The summed E-state index contributed by atoms with van der Waals surface area (Å²) in [6.07, 6.45) is 5.12. The number of halogens is 1. The minimum Gasteiger partial charge on any atom is -0.467 e. The molecule has 0 fully saturated rings. The first kappa shape index (κ1) is 14.0. The Morgan fingerprint density at radius 3 is 2.82 bits per heavy atom. The number of nitrogens with one attached hydrogen (secondary N) is 1. The molecule has 1 rings (SSSR count). The number of nitrogens with zero attached hydrogens (tertiary/aromatic N) is 2. The Morgan fingerprint density at radius 1 is 1.41 bits per heavy atom. The summed E-state index contributed by atoms with van der Waals surface area (Å²) < 4.78 is 4.95. The fourth-order valence-corrected chi connectivity index (χ4v) is 1.62. The van der Waals surface area contributed by atoms with E-state index >= 15 is 0 Å². The van der Waals surface area contributed by atoms with Crippen LogP contribution in [0.25, 0.3) is 0 Å². The molecule has 5 heteroatoms. The lowest BCUT2D eigenvalue weighted by atomic mass is 10.1. The third-order valence-corrected chi connectivity index (χ3v) is 2.68. The summed E-state index contributed by atoms with van der Waals surface area (Å²) >= 11 is 5.97. The number of methoxy groups -OCH3 is 1. The van der Waals surface area contributed by atoms with E-state index in [1.165, 1.54) is 20.0 Å². The molecule has 0 amide bonds. The first-order valence-corrected chi connectivity index (χ1v) is 6.31. The third kappa shape index (κ3) is 5.22. The lowest BCUT2D eigenvalue weighted by Crippen LogP contribution is -2.05. The van der Waals surface area contributed by atoms with Gasteiger partial charge in [-0.3, -0.25) is 0 Å². The van der Waals surface area contributed by atoms with E-state index in [4.69, 9.17) is 16.3 Å². The predicted octanol–water partition coefficient (Wildman–Crippen LogP) is 3.38. The molecule has 0 aliphatic carbocycles. The molecule has 0 unspecified atom stereocenters. The number of hydrogen-bond acceptors (Lipinski definition) is 4. The van der Waals surface area contributed by atoms with Crippen molar-refractivity contribution in [3.63, 3.8) is 0 Å². The van der Waals surface area contributed by atoms with Crippen LogP contribution in [-0.2, 0) is 0 Å². The molecular formula is C12H20ClN3O. The van der Waals surface area contributed by atoms with Gasteiger partial charge in [-0.05, 0) is 12.3 Å². The van der Waals surface area contributed by atoms with Gasteiger partial charge in [-0.1, -0.05) is 38.3 Å². The highest BCUT2D eigenvalue weighted by molar-refractivity contribution is 6.32. The number of anilines is 1. The van der Waals surface area contributed by atoms with Crippen LogP contribution in [0.1, 0.15) is 33.1 Å². The minimum atomic E-state index is 0.332. The summed E-state index contributed by atoms with van der Waals surface area (Å²) in [5, 5.41) is 3.72. The Bertz CT molecular complexity index is 345. The quantitative estimate of drug-likeness (QED) is 0.761. The first-order chi connectivity index (χ1) is 8.13. The molecule has 1 aromatic rings. The van der Waals surface area contributed by atoms with Crippen molar-refractivity contribution in [2.45, 2.75) is 33.1 Å². The van der Waals surface area contributed by atoms with E-state index in [-0.39, 0.29) is 0 Å². The largest absolute Gasteiger partial charge is 0.467 e. The van der Waals surface area contributed by atoms with Crippen LogP contribution < -0.4 is 10.1 Å². The van der Waals surface area contributed by atoms with Gasteiger partial charge in [0.05, 0.1) is 13.3 Å². The van der Waals surface area contributed by atoms with Crippen molar-refractivity contribution in [2.24, 2.45) is 5.92 Å². The Labute approximate surface area is 108 Å². The summed E-state index contributed by atoms with van der Waals surface area (Å²) in [5.41, 5.74) is 0. The van der Waals surface area contributed by atoms with Gasteiger partial charge in [-0.2, -0.15) is 4.98 Å². The Hall–Kier alpha value is -1.03. The van der Waals surface area contributed by atoms with Gasteiger partial charge in [-0.15, -0.1) is 0 Å². The summed E-state index contributed by atoms with van der Waals surface area (Å²) in [5.74, 6) is 1.40. The zero-order chi connectivity index (χ0) is 12.7. The molecule has 1 N–H and O–H groups in total. The molecule has 1 aromatic heterocycles. The van der Waals surface area contributed by atoms with Crippen LogP contribution in [-0.4, -0.2) is 23.6 Å². The highest BCUT2D eigenvalue weighted by Crippen LogP contribution is 2.20. The van der Waals surface area contributed by atoms with Crippen molar-refractivity contribution in [3.05, 3.63) is 11.2 Å². The molecule has 4 nitrogen and oxygen atoms in total. The molecule has 0 aliphatic rings. The van der Waals surface area contributed by atoms with Crippen LogP contribution in [0.5, 0.6) is 6.01 Å². The van der Waals surface area contributed by atoms with Crippen LogP contribution in [0.2, 0.25) is 5.02 Å². The molecule has 0 saturated heterocycles. The second-order valence-electron chi connectivity index (χ2n) is 4.37. The van der Waals surface area contributed by atoms with E-state index in [2.05, 4.69) is 29.1 Å². The molecule has 0 aliphatic heterocycles. The molecule has 0 radical (unpaired) electrons. The van der Waals surface area contributed by atoms with Gasteiger partial charge in [0, 0.05) is 6.54 Å². The number of ether oxygens (including phenoxy) is 1. The van der Waals surface area contributed by atoms with Gasteiger partial charge in [-0.25, -0.2) is 4.98 Å². The molecule has 96 valence electrons. The number of aromatic nitrogens is 2. The summed E-state index contributed by atoms with van der Waals surface area (Å²) in [7, 11) is 1.54. The van der Waals surface area contributed by atoms with Crippen molar-refractivity contribution >= 4 is 17.4 Å². The molecule has 0 spiro atoms. The number of unbranched alkanes of at least 4 members (excludes halogenated alkanes) is 1. The first-order valence-electron chi connectivity index (χ1n) is 5.94. The second kappa shape index (κ2) is 7.33. The zero-order valence-electron chi connectivity index (χ0n) is 10.7. The molecule has 0 saturated carbocycles. The topological polar surface area (TPSA) is 47.0 Å². The van der Waals surface area contributed by atoms with Crippen molar-refractivity contribution in [1.82, 2.24) is 9.97 Å². The van der Waals surface area contributed by atoms with Gasteiger partial charge >= 0.3 is 6.01 Å². The SMILES string of the molecule is COc1ncc(Cl)c(NCCCCC(C)C)n1. The summed E-state index contributed by atoms with van der Waals surface area (Å²) in [6, 6.07) is 0.332. The minimum absolute atomic E-state index is 0.332. The standard InChI is InChI=1S/C12H20ClN3O/c1-9(2)6-4-5-7-14-11-10(13)8-15-12(16-11)17-3/h8-9H,4-7H2,1-3H3,(H,14,15,16). The molecule has 17 heavy (non-hydrogen) atoms. The van der Waals surface area contributed by atoms with Crippen LogP contribution in [0.3, 0.4) is 0 Å². The maximum absolute atomic E-state index is 5.97. The fourth-order valence-electron chi connectivity index (χ4n) is 1.46. The van der Waals surface area contributed by atoms with Crippen molar-refractivity contribution in [1.29, 1.82) is 0 Å². The van der Waals surface area contributed by atoms with Gasteiger partial charge in [0.25, 0.3) is 0 Å². The van der Waals surface area contributed by atoms with Gasteiger partial charge in [0.1, 0.15) is 5.02 Å². The third-order valence-electron chi connectivity index (χ3n) is 2.41. The van der Waals surface area contributed by atoms with Crippen LogP contribution in [0, 0.1) is 5.92 Å². The maximum atomic E-state index is 5.97. The summed E-state index contributed by atoms with van der Waals surface area (Å²) in [6.45, 7) is 5.34. The van der Waals surface area contributed by atoms with E-state index in [9.17, 15) is 0 Å². The van der Waals surface area contributed by atoms with E-state index in [1.54, 1.807) is 6.20 Å². The van der Waals surface area contributed by atoms with Gasteiger partial charge in [0.2, 0.25) is 0 Å². The van der Waals surface area contributed by atoms with Crippen molar-refractivity contribution in [3.8, 4) is 6.01 Å². The monoisotopic (exact) mass is 257 g/mol. The number of hydrogen-bond donors (Lipinski definition) is 1. The molecule has 0 atom stereocenters. The van der Waals surface area contributed by atoms with Gasteiger partial charge in [0.15, 0.2) is 5.82 Å². The Morgan fingerprint density at radius 2 is 2.18 bits per heavy atom. The fraction of sp³-hybridized carbons (Fsp3) is 0.667. The number of rotatable bonds is 7. The van der Waals surface area contributed by atoms with E-state index in [0.29, 0.717) is 16.9 Å². The van der Waals surface area contributed by atoms with Crippen LogP contribution >= 0.6 is 11.6 Å². The second-order valence-corrected chi connectivity index (χ2v) is 4.78. The Kier molecular flexibility index (Phi) is 6.05. The molecule has 1 heterocycles. The van der Waals surface area contributed by atoms with Crippen molar-refractivity contribution in [2.75, 3.05) is 19.0 Å². The molecule has 0 aromatic carbocycles. The van der Waals surface area contributed by atoms with Crippen LogP contribution in [0.4, 0.5) is 5.82 Å². The molecule has 0 bridgehead atoms. The highest BCUT2D eigenvalue weighted by Gasteiger charge is 2.04. The van der Waals surface area contributed by atoms with Crippen LogP contribution in [0.15, 0.2) is 6.20 Å². The highest BCUT2D eigenvalue weighted by atomic mass is 35.5. The Balaban J connectivity index is 2.35. The van der Waals surface area contributed by atoms with E-state index < -0.39 is 0 Å². The lowest BCUT2D eigenvalue weighted by Gasteiger charge is -2.08. The predicted molar refractivity (Wildman–Crippen MR) is 70.8 cm³/mol. The maximum Gasteiger partial charge on any atom is 0.318 e. The zero-order valence-corrected chi connectivity index (χ0v) is 11.4. The summed E-state index contributed by atoms with van der Waals surface area (Å²) in [4.78, 5) is 8.07. The van der Waals surface area contributed by atoms with Gasteiger partial charge < -0.3 is 10.1 Å². The van der Waals surface area contributed by atoms with Crippen molar-refractivity contribution < 1.29 is 4.74 Å². The van der Waals surface area contributed by atoms with E-state index in [0.717, 1.165) is 18.9 Å². The molecular weight excluding hydrogens is 238 g/mol.